The van der Waals surface area contributed by atoms with E-state index in [9.17, 15) is 26.8 Å². The summed E-state index contributed by atoms with van der Waals surface area (Å²) in [5.41, 5.74) is 0.128. The molecule has 2 aromatic carbocycles. The summed E-state index contributed by atoms with van der Waals surface area (Å²) < 4.78 is 58.2. The molecule has 0 unspecified atom stereocenters. The Hall–Kier alpha value is -2.92. The highest BCUT2D eigenvalue weighted by Gasteiger charge is 2.17. The number of sulfone groups is 1. The lowest BCUT2D eigenvalue weighted by Crippen LogP contribution is -2.23. The maximum absolute atomic E-state index is 14.3. The van der Waals surface area contributed by atoms with Crippen LogP contribution in [0.5, 0.6) is 0 Å². The van der Waals surface area contributed by atoms with Gasteiger partial charge < -0.3 is 9.30 Å². The molecule has 3 aromatic rings. The smallest absolute Gasteiger partial charge is 0.325 e. The largest absolute Gasteiger partial charge is 0.468 e. The number of para-hydroxylation sites is 1. The van der Waals surface area contributed by atoms with Gasteiger partial charge in [0.2, 0.25) is 5.91 Å². The first-order chi connectivity index (χ1) is 14.7. The van der Waals surface area contributed by atoms with Gasteiger partial charge in [-0.25, -0.2) is 17.2 Å². The molecule has 11 heteroatoms. The Bertz CT molecular complexity index is 1300. The first kappa shape index (κ1) is 22.8. The van der Waals surface area contributed by atoms with E-state index >= 15 is 0 Å². The molecule has 0 aliphatic heterocycles. The van der Waals surface area contributed by atoms with Gasteiger partial charge in [-0.3, -0.25) is 9.59 Å². The van der Waals surface area contributed by atoms with Crippen LogP contribution in [0.1, 0.15) is 12.8 Å². The van der Waals surface area contributed by atoms with Crippen molar-refractivity contribution < 1.29 is 31.5 Å². The molecule has 0 fully saturated rings. The lowest BCUT2D eigenvalue weighted by molar-refractivity contribution is -0.141. The van der Waals surface area contributed by atoms with Gasteiger partial charge in [0.05, 0.1) is 28.0 Å². The number of aromatic nitrogens is 1. The Morgan fingerprint density at radius 2 is 1.84 bits per heavy atom. The van der Waals surface area contributed by atoms with Gasteiger partial charge in [-0.05, 0) is 42.8 Å². The summed E-state index contributed by atoms with van der Waals surface area (Å²) in [6, 6.07) is 8.80. The number of fused-ring (bicyclic) bond motifs is 1. The zero-order chi connectivity index (χ0) is 22.6. The van der Waals surface area contributed by atoms with Crippen molar-refractivity contribution in [3.8, 4) is 0 Å². The molecule has 1 amide bonds. The number of carbonyl (C=O) groups is 2. The van der Waals surface area contributed by atoms with Crippen molar-refractivity contribution in [2.45, 2.75) is 24.3 Å². The molecule has 3 rings (SSSR count). The molecule has 0 N–H and O–H groups in total. The van der Waals surface area contributed by atoms with Gasteiger partial charge in [0, 0.05) is 6.42 Å². The highest BCUT2D eigenvalue weighted by molar-refractivity contribution is 7.91. The van der Waals surface area contributed by atoms with Gasteiger partial charge in [-0.15, -0.1) is 0 Å². The third-order valence-corrected chi connectivity index (χ3v) is 7.22. The van der Waals surface area contributed by atoms with Crippen LogP contribution in [0.15, 0.2) is 52.4 Å². The number of nitrogens with zero attached hydrogens (tertiary/aromatic N) is 2. The van der Waals surface area contributed by atoms with Gasteiger partial charge in [0.1, 0.15) is 18.2 Å². The number of esters is 1. The quantitative estimate of drug-likeness (QED) is 0.393. The first-order valence-corrected chi connectivity index (χ1v) is 11.6. The SMILES string of the molecule is COC(=O)Cn1c(=NC(=O)CCCS(=O)(=O)c2ccc(F)cc2)sc2cccc(F)c21. The van der Waals surface area contributed by atoms with Crippen LogP contribution in [0, 0.1) is 11.6 Å². The fourth-order valence-corrected chi connectivity index (χ4v) is 5.22. The van der Waals surface area contributed by atoms with E-state index in [4.69, 9.17) is 0 Å². The molecule has 0 saturated carbocycles. The molecule has 7 nitrogen and oxygen atoms in total. The molecule has 0 radical (unpaired) electrons. The number of hydrogen-bond acceptors (Lipinski definition) is 6. The van der Waals surface area contributed by atoms with E-state index < -0.39 is 33.3 Å². The van der Waals surface area contributed by atoms with E-state index in [2.05, 4.69) is 9.73 Å². The number of ether oxygens (including phenoxy) is 1. The molecule has 0 saturated heterocycles. The molecule has 0 atom stereocenters. The fraction of sp³-hybridized carbons (Fsp3) is 0.250. The third-order valence-electron chi connectivity index (χ3n) is 4.36. The van der Waals surface area contributed by atoms with Crippen LogP contribution in [-0.4, -0.2) is 37.7 Å². The Labute approximate surface area is 180 Å². The van der Waals surface area contributed by atoms with Crippen LogP contribution in [-0.2, 0) is 30.7 Å². The van der Waals surface area contributed by atoms with Crippen molar-refractivity contribution in [1.29, 1.82) is 0 Å². The molecule has 0 aliphatic rings. The van der Waals surface area contributed by atoms with E-state index in [0.717, 1.165) is 23.5 Å². The van der Waals surface area contributed by atoms with Crippen LogP contribution in [0.3, 0.4) is 0 Å². The average Bonchev–Trinajstić information content (AvgIpc) is 3.06. The van der Waals surface area contributed by atoms with Crippen molar-refractivity contribution in [1.82, 2.24) is 4.57 Å². The fourth-order valence-electron chi connectivity index (χ4n) is 2.85. The second-order valence-electron chi connectivity index (χ2n) is 6.52. The standard InChI is InChI=1S/C20H18F2N2O5S2/c1-29-18(26)12-24-19-15(22)4-2-5-16(19)30-20(24)23-17(25)6-3-11-31(27,28)14-9-7-13(21)8-10-14/h2,4-5,7-10H,3,6,11-12H2,1H3. The van der Waals surface area contributed by atoms with E-state index in [1.165, 1.54) is 35.9 Å². The molecular formula is C20H18F2N2O5S2. The van der Waals surface area contributed by atoms with Crippen LogP contribution < -0.4 is 4.80 Å². The lowest BCUT2D eigenvalue weighted by atomic mass is 10.3. The van der Waals surface area contributed by atoms with Crippen molar-refractivity contribution in [2.24, 2.45) is 4.99 Å². The van der Waals surface area contributed by atoms with Crippen LogP contribution in [0.25, 0.3) is 10.2 Å². The summed E-state index contributed by atoms with van der Waals surface area (Å²) in [4.78, 5) is 28.1. The molecule has 0 spiro atoms. The second-order valence-corrected chi connectivity index (χ2v) is 9.63. The van der Waals surface area contributed by atoms with Gasteiger partial charge >= 0.3 is 5.97 Å². The third kappa shape index (κ3) is 5.42. The zero-order valence-corrected chi connectivity index (χ0v) is 18.0. The monoisotopic (exact) mass is 468 g/mol. The lowest BCUT2D eigenvalue weighted by Gasteiger charge is -2.04. The molecule has 1 aromatic heterocycles. The number of rotatable bonds is 7. The molecule has 0 aliphatic carbocycles. The van der Waals surface area contributed by atoms with E-state index in [1.807, 2.05) is 0 Å². The summed E-state index contributed by atoms with van der Waals surface area (Å²) in [5.74, 6) is -2.68. The summed E-state index contributed by atoms with van der Waals surface area (Å²) >= 11 is 1.03. The van der Waals surface area contributed by atoms with E-state index in [-0.39, 0.29) is 40.4 Å². The summed E-state index contributed by atoms with van der Waals surface area (Å²) in [6.45, 7) is -0.331. The van der Waals surface area contributed by atoms with E-state index in [1.54, 1.807) is 6.07 Å². The van der Waals surface area contributed by atoms with Crippen molar-refractivity contribution >= 4 is 43.3 Å². The Morgan fingerprint density at radius 3 is 2.52 bits per heavy atom. The summed E-state index contributed by atoms with van der Waals surface area (Å²) in [7, 11) is -2.48. The number of halogens is 2. The number of carbonyl (C=O) groups excluding carboxylic acids is 2. The van der Waals surface area contributed by atoms with Crippen LogP contribution in [0.2, 0.25) is 0 Å². The minimum Gasteiger partial charge on any atom is -0.468 e. The zero-order valence-electron chi connectivity index (χ0n) is 16.4. The number of hydrogen-bond donors (Lipinski definition) is 0. The van der Waals surface area contributed by atoms with Gasteiger partial charge in [0.15, 0.2) is 14.6 Å². The molecule has 1 heterocycles. The van der Waals surface area contributed by atoms with E-state index in [0.29, 0.717) is 4.70 Å². The Balaban J connectivity index is 1.79. The maximum atomic E-state index is 14.3. The van der Waals surface area contributed by atoms with Crippen molar-refractivity contribution in [3.63, 3.8) is 0 Å². The topological polar surface area (TPSA) is 94.8 Å². The highest BCUT2D eigenvalue weighted by atomic mass is 32.2. The van der Waals surface area contributed by atoms with Gasteiger partial charge in [-0.2, -0.15) is 4.99 Å². The van der Waals surface area contributed by atoms with Crippen LogP contribution in [0.4, 0.5) is 8.78 Å². The number of benzene rings is 2. The second kappa shape index (κ2) is 9.48. The predicted molar refractivity (Wildman–Crippen MR) is 110 cm³/mol. The molecule has 164 valence electrons. The van der Waals surface area contributed by atoms with Crippen LogP contribution >= 0.6 is 11.3 Å². The molecular weight excluding hydrogens is 450 g/mol. The average molecular weight is 469 g/mol. The van der Waals surface area contributed by atoms with Gasteiger partial charge in [0.25, 0.3) is 0 Å². The maximum Gasteiger partial charge on any atom is 0.325 e. The van der Waals surface area contributed by atoms with Crippen molar-refractivity contribution in [2.75, 3.05) is 12.9 Å². The Morgan fingerprint density at radius 1 is 1.13 bits per heavy atom. The summed E-state index contributed by atoms with van der Waals surface area (Å²) in [6.07, 6.45) is -0.173. The normalized spacial score (nSPS) is 12.3. The summed E-state index contributed by atoms with van der Waals surface area (Å²) in [5, 5.41) is 0. The Kier molecular flexibility index (Phi) is 6.96. The molecule has 31 heavy (non-hydrogen) atoms. The van der Waals surface area contributed by atoms with Crippen molar-refractivity contribution in [3.05, 3.63) is 58.9 Å². The predicted octanol–water partition coefficient (Wildman–Crippen LogP) is 2.84. The molecule has 0 bridgehead atoms. The minimum atomic E-state index is -3.67. The number of amides is 1. The number of methoxy groups -OCH3 is 1. The minimum absolute atomic E-state index is 0.00169. The first-order valence-electron chi connectivity index (χ1n) is 9.12. The highest BCUT2D eigenvalue weighted by Crippen LogP contribution is 2.20. The van der Waals surface area contributed by atoms with Gasteiger partial charge in [-0.1, -0.05) is 17.4 Å². The number of thiazole rings is 1.